The number of amides is 2. The van der Waals surface area contributed by atoms with Crippen LogP contribution in [-0.4, -0.2) is 28.9 Å². The van der Waals surface area contributed by atoms with Crippen LogP contribution in [-0.2, 0) is 22.4 Å². The van der Waals surface area contributed by atoms with Crippen LogP contribution in [0.15, 0.2) is 0 Å². The average molecular weight is 391 g/mol. The summed E-state index contributed by atoms with van der Waals surface area (Å²) in [4.78, 5) is 38.5. The minimum absolute atomic E-state index is 0.0920. The number of carboxylic acid groups (broad SMARTS) is 1. The molecule has 0 radical (unpaired) electrons. The topological polar surface area (TPSA) is 95.5 Å². The summed E-state index contributed by atoms with van der Waals surface area (Å²) in [6, 6.07) is 0.259. The number of hydrogen-bond acceptors (Lipinski definition) is 4. The number of fused-ring (bicyclic) bond motifs is 1. The molecule has 2 atom stereocenters. The van der Waals surface area contributed by atoms with E-state index in [4.69, 9.17) is 0 Å². The zero-order valence-corrected chi connectivity index (χ0v) is 16.2. The molecule has 1 aromatic rings. The zero-order chi connectivity index (χ0) is 19.0. The van der Waals surface area contributed by atoms with Gasteiger partial charge in [-0.3, -0.25) is 14.4 Å². The highest BCUT2D eigenvalue weighted by atomic mass is 32.1. The maximum absolute atomic E-state index is 12.9. The van der Waals surface area contributed by atoms with E-state index in [1.54, 1.807) is 0 Å². The summed E-state index contributed by atoms with van der Waals surface area (Å²) >= 11 is 1.50. The number of hydrogen-bond donors (Lipinski definition) is 3. The predicted octanol–water partition coefficient (Wildman–Crippen LogP) is 3.35. The molecule has 3 aliphatic carbocycles. The van der Waals surface area contributed by atoms with Crippen molar-refractivity contribution < 1.29 is 19.5 Å². The van der Waals surface area contributed by atoms with E-state index in [-0.39, 0.29) is 17.9 Å². The minimum atomic E-state index is -0.896. The minimum Gasteiger partial charge on any atom is -0.481 e. The molecule has 2 fully saturated rings. The first-order chi connectivity index (χ1) is 13.0. The summed E-state index contributed by atoms with van der Waals surface area (Å²) in [7, 11) is 0. The van der Waals surface area contributed by atoms with Crippen LogP contribution in [0, 0.1) is 11.8 Å². The standard InChI is InChI=1S/C20H26N2O4S/c23-17(12-5-1-2-6-13(12)20(25)26)22-19-16(18(24)21-11-9-10-11)14-7-3-4-8-15(14)27-19/h11-13H,1-10H2,(H,21,24)(H,22,23)(H,25,26). The zero-order valence-electron chi connectivity index (χ0n) is 15.4. The summed E-state index contributed by atoms with van der Waals surface area (Å²) in [5.41, 5.74) is 1.70. The summed E-state index contributed by atoms with van der Waals surface area (Å²) in [5, 5.41) is 16.1. The number of carbonyl (C=O) groups is 3. The molecule has 2 unspecified atom stereocenters. The van der Waals surface area contributed by atoms with Crippen molar-refractivity contribution in [2.24, 2.45) is 11.8 Å². The summed E-state index contributed by atoms with van der Waals surface area (Å²) < 4.78 is 0. The van der Waals surface area contributed by atoms with Crippen LogP contribution < -0.4 is 10.6 Å². The van der Waals surface area contributed by atoms with Crippen LogP contribution in [0.3, 0.4) is 0 Å². The van der Waals surface area contributed by atoms with Crippen LogP contribution in [0.1, 0.15) is 72.2 Å². The van der Waals surface area contributed by atoms with Gasteiger partial charge in [-0.1, -0.05) is 12.8 Å². The monoisotopic (exact) mass is 390 g/mol. The van der Waals surface area contributed by atoms with Gasteiger partial charge in [0.05, 0.1) is 17.4 Å². The molecule has 4 rings (SSSR count). The molecule has 0 spiro atoms. The van der Waals surface area contributed by atoms with E-state index in [1.165, 1.54) is 16.2 Å². The van der Waals surface area contributed by atoms with Gasteiger partial charge in [0.2, 0.25) is 5.91 Å². The molecule has 3 aliphatic rings. The molecule has 0 aliphatic heterocycles. The highest BCUT2D eigenvalue weighted by Crippen LogP contribution is 2.40. The molecular weight excluding hydrogens is 364 g/mol. The Morgan fingerprint density at radius 1 is 0.926 bits per heavy atom. The Morgan fingerprint density at radius 3 is 2.33 bits per heavy atom. The first kappa shape index (κ1) is 18.5. The lowest BCUT2D eigenvalue weighted by atomic mass is 9.78. The Kier molecular flexibility index (Phi) is 5.21. The predicted molar refractivity (Wildman–Crippen MR) is 103 cm³/mol. The third-order valence-electron chi connectivity index (χ3n) is 5.97. The van der Waals surface area contributed by atoms with Crippen molar-refractivity contribution in [3.8, 4) is 0 Å². The Morgan fingerprint density at radius 2 is 1.63 bits per heavy atom. The van der Waals surface area contributed by atoms with E-state index in [0.717, 1.165) is 56.9 Å². The van der Waals surface area contributed by atoms with Gasteiger partial charge in [0.1, 0.15) is 5.00 Å². The highest BCUT2D eigenvalue weighted by Gasteiger charge is 2.37. The molecule has 0 aromatic carbocycles. The second kappa shape index (κ2) is 7.62. The van der Waals surface area contributed by atoms with Crippen molar-refractivity contribution in [2.45, 2.75) is 70.3 Å². The first-order valence-corrected chi connectivity index (χ1v) is 10.9. The molecule has 1 aromatic heterocycles. The maximum Gasteiger partial charge on any atom is 0.307 e. The third kappa shape index (κ3) is 3.88. The van der Waals surface area contributed by atoms with Crippen molar-refractivity contribution in [3.63, 3.8) is 0 Å². The van der Waals surface area contributed by atoms with E-state index >= 15 is 0 Å². The fraction of sp³-hybridized carbons (Fsp3) is 0.650. The number of nitrogens with one attached hydrogen (secondary N) is 2. The molecule has 0 bridgehead atoms. The normalized spacial score (nSPS) is 24.7. The van der Waals surface area contributed by atoms with Gasteiger partial charge >= 0.3 is 5.97 Å². The van der Waals surface area contributed by atoms with Gasteiger partial charge in [0.15, 0.2) is 0 Å². The van der Waals surface area contributed by atoms with Crippen LogP contribution in [0.4, 0.5) is 5.00 Å². The fourth-order valence-electron chi connectivity index (χ4n) is 4.32. The number of aryl methyl sites for hydroxylation is 1. The fourth-order valence-corrected chi connectivity index (χ4v) is 5.61. The van der Waals surface area contributed by atoms with Gasteiger partial charge in [0.25, 0.3) is 5.91 Å². The quantitative estimate of drug-likeness (QED) is 0.718. The molecule has 1 heterocycles. The average Bonchev–Trinajstić information content (AvgIpc) is 3.39. The molecule has 0 saturated heterocycles. The van der Waals surface area contributed by atoms with E-state index in [0.29, 0.717) is 23.4 Å². The molecule has 146 valence electrons. The van der Waals surface area contributed by atoms with Gasteiger partial charge in [-0.25, -0.2) is 0 Å². The largest absolute Gasteiger partial charge is 0.481 e. The number of carboxylic acids is 1. The van der Waals surface area contributed by atoms with Crippen LogP contribution in [0.25, 0.3) is 0 Å². The van der Waals surface area contributed by atoms with Crippen LogP contribution in [0.2, 0.25) is 0 Å². The molecule has 27 heavy (non-hydrogen) atoms. The van der Waals surface area contributed by atoms with Crippen LogP contribution in [0.5, 0.6) is 0 Å². The lowest BCUT2D eigenvalue weighted by molar-refractivity contribution is -0.147. The van der Waals surface area contributed by atoms with Crippen molar-refractivity contribution in [1.82, 2.24) is 5.32 Å². The Bertz CT molecular complexity index is 768. The van der Waals surface area contributed by atoms with Crippen molar-refractivity contribution in [3.05, 3.63) is 16.0 Å². The lowest BCUT2D eigenvalue weighted by Gasteiger charge is -2.27. The van der Waals surface area contributed by atoms with Crippen LogP contribution >= 0.6 is 11.3 Å². The van der Waals surface area contributed by atoms with Crippen molar-refractivity contribution in [2.75, 3.05) is 5.32 Å². The molecule has 2 amide bonds. The van der Waals surface area contributed by atoms with E-state index in [9.17, 15) is 19.5 Å². The van der Waals surface area contributed by atoms with E-state index < -0.39 is 17.8 Å². The van der Waals surface area contributed by atoms with Gasteiger partial charge in [-0.05, 0) is 56.9 Å². The molecule has 7 heteroatoms. The summed E-state index contributed by atoms with van der Waals surface area (Å²) in [6.45, 7) is 0. The smallest absolute Gasteiger partial charge is 0.307 e. The van der Waals surface area contributed by atoms with E-state index in [2.05, 4.69) is 10.6 Å². The third-order valence-corrected chi connectivity index (χ3v) is 7.17. The number of rotatable bonds is 5. The summed E-state index contributed by atoms with van der Waals surface area (Å²) in [5.74, 6) is -2.38. The van der Waals surface area contributed by atoms with E-state index in [1.807, 2.05) is 0 Å². The Labute approximate surface area is 162 Å². The summed E-state index contributed by atoms with van der Waals surface area (Å²) in [6.07, 6.45) is 8.88. The molecule has 3 N–H and O–H groups in total. The second-order valence-corrected chi connectivity index (χ2v) is 9.09. The van der Waals surface area contributed by atoms with Gasteiger partial charge < -0.3 is 15.7 Å². The maximum atomic E-state index is 12.9. The Balaban J connectivity index is 1.58. The van der Waals surface area contributed by atoms with Crippen molar-refractivity contribution >= 4 is 34.1 Å². The highest BCUT2D eigenvalue weighted by molar-refractivity contribution is 7.17. The molecule has 2 saturated carbocycles. The van der Waals surface area contributed by atoms with Crippen molar-refractivity contribution in [1.29, 1.82) is 0 Å². The number of anilines is 1. The van der Waals surface area contributed by atoms with Gasteiger partial charge in [-0.15, -0.1) is 11.3 Å². The first-order valence-electron chi connectivity index (χ1n) is 10.0. The SMILES string of the molecule is O=C(NC1CC1)c1c(NC(=O)C2CCCCC2C(=O)O)sc2c1CCCC2. The molecule has 6 nitrogen and oxygen atoms in total. The lowest BCUT2D eigenvalue weighted by Crippen LogP contribution is -2.36. The van der Waals surface area contributed by atoms with Gasteiger partial charge in [-0.2, -0.15) is 0 Å². The number of thiophene rings is 1. The van der Waals surface area contributed by atoms with Gasteiger partial charge in [0, 0.05) is 10.9 Å². The molecular formula is C20H26N2O4S. The number of aliphatic carboxylic acids is 1. The second-order valence-electron chi connectivity index (χ2n) is 7.99. The Hall–Kier alpha value is -1.89. The number of carbonyl (C=O) groups excluding carboxylic acids is 2.